The van der Waals surface area contributed by atoms with E-state index in [0.717, 1.165) is 0 Å². The van der Waals surface area contributed by atoms with Gasteiger partial charge in [-0.2, -0.15) is 0 Å². The van der Waals surface area contributed by atoms with E-state index in [0.29, 0.717) is 6.29 Å². The van der Waals surface area contributed by atoms with Gasteiger partial charge in [-0.25, -0.2) is 9.00 Å². The van der Waals surface area contributed by atoms with Crippen LogP contribution in [0.2, 0.25) is 0 Å². The molecule has 1 unspecified atom stereocenters. The van der Waals surface area contributed by atoms with Crippen molar-refractivity contribution in [2.75, 3.05) is 13.2 Å². The van der Waals surface area contributed by atoms with E-state index < -0.39 is 28.8 Å². The van der Waals surface area contributed by atoms with Gasteiger partial charge in [0.15, 0.2) is 17.3 Å². The third kappa shape index (κ3) is 8.41. The summed E-state index contributed by atoms with van der Waals surface area (Å²) in [6.07, 6.45) is 0.708. The van der Waals surface area contributed by atoms with Gasteiger partial charge >= 0.3 is 11.9 Å². The Morgan fingerprint density at radius 3 is 2.48 bits per heavy atom. The molecule has 9 heteroatoms. The van der Waals surface area contributed by atoms with Crippen molar-refractivity contribution >= 4 is 35.1 Å². The van der Waals surface area contributed by atoms with Crippen LogP contribution in [0.15, 0.2) is 41.3 Å². The Hall–Kier alpha value is -2.81. The Kier molecular flexibility index (Phi) is 9.66. The highest BCUT2D eigenvalue weighted by molar-refractivity contribution is 7.83. The predicted molar refractivity (Wildman–Crippen MR) is 97.0 cm³/mol. The fourth-order valence-corrected chi connectivity index (χ4v) is 2.79. The SMILES string of the molecule is C=C(C)C(=O)OCCOC(=O)CCCC(=O)NS(=O)c1ccccc1C=O. The van der Waals surface area contributed by atoms with Gasteiger partial charge in [0, 0.05) is 24.0 Å². The first-order valence-corrected chi connectivity index (χ1v) is 9.24. The van der Waals surface area contributed by atoms with E-state index in [1.807, 2.05) is 0 Å². The number of carbonyl (C=O) groups excluding carboxylic acids is 4. The highest BCUT2D eigenvalue weighted by Crippen LogP contribution is 2.10. The smallest absolute Gasteiger partial charge is 0.333 e. The second-order valence-electron chi connectivity index (χ2n) is 5.44. The predicted octanol–water partition coefficient (Wildman–Crippen LogP) is 1.47. The van der Waals surface area contributed by atoms with Crippen molar-refractivity contribution < 1.29 is 32.9 Å². The van der Waals surface area contributed by atoms with E-state index in [9.17, 15) is 23.4 Å². The van der Waals surface area contributed by atoms with E-state index in [1.54, 1.807) is 12.1 Å². The van der Waals surface area contributed by atoms with Crippen molar-refractivity contribution in [2.45, 2.75) is 31.1 Å². The van der Waals surface area contributed by atoms with E-state index in [-0.39, 0.29) is 48.5 Å². The fourth-order valence-electron chi connectivity index (χ4n) is 1.83. The molecular weight excluding hydrogens is 374 g/mol. The number of rotatable bonds is 11. The summed E-state index contributed by atoms with van der Waals surface area (Å²) >= 11 is 0. The first-order valence-electron chi connectivity index (χ1n) is 8.09. The quantitative estimate of drug-likeness (QED) is 0.261. The Morgan fingerprint density at radius 1 is 1.15 bits per heavy atom. The van der Waals surface area contributed by atoms with Gasteiger partial charge in [-0.15, -0.1) is 0 Å². The lowest BCUT2D eigenvalue weighted by Crippen LogP contribution is -2.26. The molecule has 1 N–H and O–H groups in total. The average molecular weight is 395 g/mol. The molecule has 0 saturated carbocycles. The summed E-state index contributed by atoms with van der Waals surface area (Å²) in [5, 5.41) is 0. The van der Waals surface area contributed by atoms with Gasteiger partial charge in [-0.3, -0.25) is 19.1 Å². The zero-order chi connectivity index (χ0) is 20.2. The lowest BCUT2D eigenvalue weighted by Gasteiger charge is -2.07. The second-order valence-corrected chi connectivity index (χ2v) is 6.62. The molecule has 0 radical (unpaired) electrons. The zero-order valence-electron chi connectivity index (χ0n) is 14.9. The van der Waals surface area contributed by atoms with Crippen LogP contribution in [0.25, 0.3) is 0 Å². The van der Waals surface area contributed by atoms with Gasteiger partial charge in [0.2, 0.25) is 5.91 Å². The lowest BCUT2D eigenvalue weighted by atomic mass is 10.2. The Bertz CT molecular complexity index is 745. The average Bonchev–Trinajstić information content (AvgIpc) is 2.64. The van der Waals surface area contributed by atoms with Gasteiger partial charge in [0.1, 0.15) is 13.2 Å². The van der Waals surface area contributed by atoms with Crippen LogP contribution < -0.4 is 4.72 Å². The minimum absolute atomic E-state index is 0.0145. The zero-order valence-corrected chi connectivity index (χ0v) is 15.7. The molecule has 0 bridgehead atoms. The van der Waals surface area contributed by atoms with Crippen molar-refractivity contribution in [2.24, 2.45) is 0 Å². The van der Waals surface area contributed by atoms with Crippen molar-refractivity contribution in [1.82, 2.24) is 4.72 Å². The van der Waals surface area contributed by atoms with Crippen LogP contribution in [0.1, 0.15) is 36.5 Å². The van der Waals surface area contributed by atoms with Crippen molar-refractivity contribution in [3.05, 3.63) is 42.0 Å². The standard InChI is InChI=1S/C18H21NO7S/c1-13(2)18(23)26-11-10-25-17(22)9-5-8-16(21)19-27(24)15-7-4-3-6-14(15)12-20/h3-4,6-7,12H,1,5,8-11H2,2H3,(H,19,21). The minimum Gasteiger partial charge on any atom is -0.462 e. The third-order valence-electron chi connectivity index (χ3n) is 3.16. The molecule has 8 nitrogen and oxygen atoms in total. The summed E-state index contributed by atoms with van der Waals surface area (Å²) in [5.41, 5.74) is 0.479. The molecule has 0 fully saturated rings. The molecule has 27 heavy (non-hydrogen) atoms. The maximum absolute atomic E-state index is 12.1. The molecular formula is C18H21NO7S. The number of aldehydes is 1. The third-order valence-corrected chi connectivity index (χ3v) is 4.35. The molecule has 0 aliphatic carbocycles. The first-order chi connectivity index (χ1) is 12.8. The van der Waals surface area contributed by atoms with Gasteiger partial charge in [0.05, 0.1) is 4.90 Å². The number of nitrogens with one attached hydrogen (secondary N) is 1. The number of hydrogen-bond donors (Lipinski definition) is 1. The second kappa shape index (κ2) is 11.7. The molecule has 146 valence electrons. The van der Waals surface area contributed by atoms with Crippen LogP contribution in [-0.2, 0) is 34.8 Å². The van der Waals surface area contributed by atoms with Crippen molar-refractivity contribution in [3.8, 4) is 0 Å². The molecule has 1 aromatic rings. The van der Waals surface area contributed by atoms with Crippen LogP contribution in [0.3, 0.4) is 0 Å². The molecule has 0 aromatic heterocycles. The summed E-state index contributed by atoms with van der Waals surface area (Å²) < 4.78 is 24.0. The molecule has 1 amide bonds. The lowest BCUT2D eigenvalue weighted by molar-refractivity contribution is -0.150. The minimum atomic E-state index is -1.86. The summed E-state index contributed by atoms with van der Waals surface area (Å²) in [5.74, 6) is -1.62. The normalized spacial score (nSPS) is 11.1. The Labute approximate surface area is 159 Å². The van der Waals surface area contributed by atoms with E-state index in [4.69, 9.17) is 9.47 Å². The fraction of sp³-hybridized carbons (Fsp3) is 0.333. The van der Waals surface area contributed by atoms with Gasteiger partial charge in [-0.1, -0.05) is 24.8 Å². The summed E-state index contributed by atoms with van der Waals surface area (Å²) in [7, 11) is -1.86. The summed E-state index contributed by atoms with van der Waals surface area (Å²) in [6, 6.07) is 6.21. The van der Waals surface area contributed by atoms with Crippen LogP contribution in [0.5, 0.6) is 0 Å². The molecule has 0 aliphatic rings. The first kappa shape index (κ1) is 22.2. The molecule has 0 spiro atoms. The van der Waals surface area contributed by atoms with Gasteiger partial charge < -0.3 is 9.47 Å². The van der Waals surface area contributed by atoms with E-state index in [1.165, 1.54) is 19.1 Å². The highest BCUT2D eigenvalue weighted by Gasteiger charge is 2.13. The van der Waals surface area contributed by atoms with Crippen LogP contribution in [0, 0.1) is 0 Å². The Morgan fingerprint density at radius 2 is 1.81 bits per heavy atom. The number of amides is 1. The monoisotopic (exact) mass is 395 g/mol. The summed E-state index contributed by atoms with van der Waals surface area (Å²) in [6.45, 7) is 4.76. The number of hydrogen-bond acceptors (Lipinski definition) is 7. The van der Waals surface area contributed by atoms with Gasteiger partial charge in [-0.05, 0) is 19.4 Å². The molecule has 0 heterocycles. The largest absolute Gasteiger partial charge is 0.462 e. The maximum atomic E-state index is 12.1. The summed E-state index contributed by atoms with van der Waals surface area (Å²) in [4.78, 5) is 45.6. The van der Waals surface area contributed by atoms with Crippen molar-refractivity contribution in [3.63, 3.8) is 0 Å². The van der Waals surface area contributed by atoms with Crippen molar-refractivity contribution in [1.29, 1.82) is 0 Å². The van der Waals surface area contributed by atoms with Gasteiger partial charge in [0.25, 0.3) is 0 Å². The highest BCUT2D eigenvalue weighted by atomic mass is 32.2. The number of esters is 2. The van der Waals surface area contributed by atoms with E-state index >= 15 is 0 Å². The molecule has 1 atom stereocenters. The molecule has 0 saturated heterocycles. The molecule has 1 rings (SSSR count). The topological polar surface area (TPSA) is 116 Å². The number of ether oxygens (including phenoxy) is 2. The van der Waals surface area contributed by atoms with Crippen LogP contribution >= 0.6 is 0 Å². The number of benzene rings is 1. The molecule has 0 aliphatic heterocycles. The maximum Gasteiger partial charge on any atom is 0.333 e. The van der Waals surface area contributed by atoms with E-state index in [2.05, 4.69) is 11.3 Å². The molecule has 1 aromatic carbocycles. The van der Waals surface area contributed by atoms with Crippen LogP contribution in [0.4, 0.5) is 0 Å². The van der Waals surface area contributed by atoms with Crippen LogP contribution in [-0.4, -0.2) is 41.6 Å². The number of carbonyl (C=O) groups is 4. The Balaban J connectivity index is 2.25.